The smallest absolute Gasteiger partial charge is 0.311 e. The number of methoxy groups -OCH3 is 1. The Balaban J connectivity index is 2.75. The van der Waals surface area contributed by atoms with Gasteiger partial charge in [-0.05, 0) is 18.9 Å². The van der Waals surface area contributed by atoms with Crippen LogP contribution < -0.4 is 10.1 Å². The summed E-state index contributed by atoms with van der Waals surface area (Å²) in [5.74, 6) is -0.477. The third-order valence-electron chi connectivity index (χ3n) is 2.64. The number of amides is 1. The van der Waals surface area contributed by atoms with Gasteiger partial charge in [0.15, 0.2) is 0 Å². The monoisotopic (exact) mass is 277 g/mol. The minimum absolute atomic E-state index is 0.0491. The number of nitrogens with one attached hydrogen (secondary N) is 1. The number of hydrogen-bond donors (Lipinski definition) is 1. The van der Waals surface area contributed by atoms with Crippen molar-refractivity contribution >= 4 is 11.6 Å². The average Bonchev–Trinajstić information content (AvgIpc) is 2.45. The van der Waals surface area contributed by atoms with Crippen LogP contribution in [0.5, 0.6) is 5.75 Å². The maximum Gasteiger partial charge on any atom is 0.311 e. The van der Waals surface area contributed by atoms with Gasteiger partial charge in [0.2, 0.25) is 5.75 Å². The highest BCUT2D eigenvalue weighted by Gasteiger charge is 2.22. The van der Waals surface area contributed by atoms with Gasteiger partial charge in [-0.15, -0.1) is 0 Å². The third-order valence-corrected chi connectivity index (χ3v) is 2.64. The van der Waals surface area contributed by atoms with Crippen LogP contribution in [0.1, 0.15) is 29.6 Å². The molecule has 0 saturated carbocycles. The lowest BCUT2D eigenvalue weighted by molar-refractivity contribution is -0.385. The lowest BCUT2D eigenvalue weighted by Crippen LogP contribution is -2.25. The number of hydrogen-bond acceptors (Lipinski definition) is 5. The molecule has 7 nitrogen and oxygen atoms in total. The third kappa shape index (κ3) is 3.95. The van der Waals surface area contributed by atoms with Gasteiger partial charge in [-0.1, -0.05) is 6.07 Å². The van der Waals surface area contributed by atoms with Crippen molar-refractivity contribution in [3.8, 4) is 11.8 Å². The predicted octanol–water partition coefficient (Wildman–Crippen LogP) is 2.03. The first-order valence-corrected chi connectivity index (χ1v) is 6.08. The fourth-order valence-electron chi connectivity index (χ4n) is 1.69. The van der Waals surface area contributed by atoms with Crippen LogP contribution in [0.4, 0.5) is 5.69 Å². The first kappa shape index (κ1) is 15.4. The van der Waals surface area contributed by atoms with E-state index < -0.39 is 10.8 Å². The van der Waals surface area contributed by atoms with E-state index in [1.807, 2.05) is 6.07 Å². The zero-order valence-corrected chi connectivity index (χ0v) is 11.1. The number of para-hydroxylation sites is 1. The Bertz CT molecular complexity index is 537. The molecular formula is C13H15N3O4. The predicted molar refractivity (Wildman–Crippen MR) is 71.4 cm³/mol. The molecule has 0 atom stereocenters. The number of unbranched alkanes of at least 4 members (excludes halogenated alkanes) is 2. The summed E-state index contributed by atoms with van der Waals surface area (Å²) in [7, 11) is 1.28. The summed E-state index contributed by atoms with van der Waals surface area (Å²) in [4.78, 5) is 22.2. The molecule has 1 aromatic carbocycles. The van der Waals surface area contributed by atoms with E-state index in [0.717, 1.165) is 0 Å². The summed E-state index contributed by atoms with van der Waals surface area (Å²) in [5.41, 5.74) is -0.119. The van der Waals surface area contributed by atoms with Crippen LogP contribution in [0.25, 0.3) is 0 Å². The Kier molecular flexibility index (Phi) is 5.97. The molecule has 0 aliphatic heterocycles. The molecular weight excluding hydrogens is 262 g/mol. The van der Waals surface area contributed by atoms with Crippen molar-refractivity contribution in [2.45, 2.75) is 19.3 Å². The quantitative estimate of drug-likeness (QED) is 0.466. The molecule has 0 fully saturated rings. The van der Waals surface area contributed by atoms with E-state index in [1.54, 1.807) is 0 Å². The van der Waals surface area contributed by atoms with Gasteiger partial charge >= 0.3 is 5.69 Å². The lowest BCUT2D eigenvalue weighted by Gasteiger charge is -2.09. The molecule has 1 N–H and O–H groups in total. The van der Waals surface area contributed by atoms with E-state index in [4.69, 9.17) is 10.00 Å². The molecule has 0 spiro atoms. The van der Waals surface area contributed by atoms with E-state index in [9.17, 15) is 14.9 Å². The summed E-state index contributed by atoms with van der Waals surface area (Å²) in [5, 5.41) is 21.9. The minimum Gasteiger partial charge on any atom is -0.490 e. The fourth-order valence-corrected chi connectivity index (χ4v) is 1.69. The van der Waals surface area contributed by atoms with Crippen LogP contribution in [0.3, 0.4) is 0 Å². The van der Waals surface area contributed by atoms with Crippen LogP contribution in [0.2, 0.25) is 0 Å². The summed E-state index contributed by atoms with van der Waals surface area (Å²) >= 11 is 0. The van der Waals surface area contributed by atoms with Crippen molar-refractivity contribution in [2.24, 2.45) is 0 Å². The van der Waals surface area contributed by atoms with Gasteiger partial charge in [0.25, 0.3) is 5.91 Å². The molecule has 0 bridgehead atoms. The Morgan fingerprint density at radius 3 is 2.85 bits per heavy atom. The molecule has 0 radical (unpaired) electrons. The van der Waals surface area contributed by atoms with Crippen LogP contribution in [-0.4, -0.2) is 24.5 Å². The number of nitro benzene ring substituents is 1. The van der Waals surface area contributed by atoms with Gasteiger partial charge in [-0.25, -0.2) is 0 Å². The standard InChI is InChI=1S/C13H15N3O4/c1-20-12-10(6-5-7-11(12)16(18)19)13(17)15-9-4-2-3-8-14/h5-7H,2-4,9H2,1H3,(H,15,17). The van der Waals surface area contributed by atoms with Crippen molar-refractivity contribution in [1.82, 2.24) is 5.32 Å². The highest BCUT2D eigenvalue weighted by molar-refractivity contribution is 5.98. The molecule has 1 rings (SSSR count). The number of ether oxygens (including phenoxy) is 1. The second-order valence-corrected chi connectivity index (χ2v) is 3.99. The van der Waals surface area contributed by atoms with Crippen LogP contribution >= 0.6 is 0 Å². The number of benzene rings is 1. The van der Waals surface area contributed by atoms with Crippen LogP contribution in [0, 0.1) is 21.4 Å². The molecule has 20 heavy (non-hydrogen) atoms. The summed E-state index contributed by atoms with van der Waals surface area (Å²) < 4.78 is 4.96. The van der Waals surface area contributed by atoms with Gasteiger partial charge in [-0.2, -0.15) is 5.26 Å². The van der Waals surface area contributed by atoms with Gasteiger partial charge in [0, 0.05) is 19.0 Å². The number of nitro groups is 1. The van der Waals surface area contributed by atoms with E-state index in [1.165, 1.54) is 25.3 Å². The molecule has 0 aliphatic rings. The Morgan fingerprint density at radius 1 is 1.50 bits per heavy atom. The van der Waals surface area contributed by atoms with Gasteiger partial charge in [-0.3, -0.25) is 14.9 Å². The van der Waals surface area contributed by atoms with Gasteiger partial charge in [0.05, 0.1) is 23.7 Å². The van der Waals surface area contributed by atoms with Crippen molar-refractivity contribution < 1.29 is 14.5 Å². The zero-order valence-electron chi connectivity index (χ0n) is 11.1. The average molecular weight is 277 g/mol. The number of nitrogens with zero attached hydrogens (tertiary/aromatic N) is 2. The Hall–Kier alpha value is -2.62. The van der Waals surface area contributed by atoms with E-state index in [0.29, 0.717) is 25.8 Å². The largest absolute Gasteiger partial charge is 0.490 e. The van der Waals surface area contributed by atoms with Crippen LogP contribution in [-0.2, 0) is 0 Å². The lowest BCUT2D eigenvalue weighted by atomic mass is 10.1. The first-order valence-electron chi connectivity index (χ1n) is 6.08. The molecule has 0 unspecified atom stereocenters. The number of nitriles is 1. The van der Waals surface area contributed by atoms with Gasteiger partial charge < -0.3 is 10.1 Å². The van der Waals surface area contributed by atoms with E-state index in [2.05, 4.69) is 5.32 Å². The SMILES string of the molecule is COc1c(C(=O)NCCCCC#N)cccc1[N+](=O)[O-]. The molecule has 1 aromatic rings. The molecule has 0 aromatic heterocycles. The summed E-state index contributed by atoms with van der Waals surface area (Å²) in [6, 6.07) is 6.20. The first-order chi connectivity index (χ1) is 9.61. The van der Waals surface area contributed by atoms with Crippen molar-refractivity contribution in [2.75, 3.05) is 13.7 Å². The Morgan fingerprint density at radius 2 is 2.25 bits per heavy atom. The second kappa shape index (κ2) is 7.74. The van der Waals surface area contributed by atoms with E-state index >= 15 is 0 Å². The van der Waals surface area contributed by atoms with Crippen molar-refractivity contribution in [3.63, 3.8) is 0 Å². The minimum atomic E-state index is -0.595. The molecule has 0 heterocycles. The molecule has 7 heteroatoms. The maximum atomic E-state index is 12.0. The number of carbonyl (C=O) groups is 1. The van der Waals surface area contributed by atoms with Crippen molar-refractivity contribution in [1.29, 1.82) is 5.26 Å². The molecule has 0 saturated heterocycles. The number of carbonyl (C=O) groups excluding carboxylic acids is 1. The summed E-state index contributed by atoms with van der Waals surface area (Å²) in [6.45, 7) is 0.409. The highest BCUT2D eigenvalue weighted by Crippen LogP contribution is 2.30. The highest BCUT2D eigenvalue weighted by atomic mass is 16.6. The van der Waals surface area contributed by atoms with Gasteiger partial charge in [0.1, 0.15) is 0 Å². The summed E-state index contributed by atoms with van der Waals surface area (Å²) in [6.07, 6.45) is 1.81. The maximum absolute atomic E-state index is 12.0. The number of rotatable bonds is 7. The topological polar surface area (TPSA) is 105 Å². The normalized spacial score (nSPS) is 9.60. The molecule has 0 aliphatic carbocycles. The van der Waals surface area contributed by atoms with Crippen LogP contribution in [0.15, 0.2) is 18.2 Å². The molecule has 106 valence electrons. The molecule has 1 amide bonds. The van der Waals surface area contributed by atoms with E-state index in [-0.39, 0.29) is 17.0 Å². The Labute approximate surface area is 116 Å². The van der Waals surface area contributed by atoms with Crippen molar-refractivity contribution in [3.05, 3.63) is 33.9 Å². The second-order valence-electron chi connectivity index (χ2n) is 3.99. The zero-order chi connectivity index (χ0) is 15.0. The fraction of sp³-hybridized carbons (Fsp3) is 0.385.